The number of piperidine rings is 1. The summed E-state index contributed by atoms with van der Waals surface area (Å²) >= 11 is 0. The van der Waals surface area contributed by atoms with Crippen LogP contribution in [0.2, 0.25) is 0 Å². The average molecular weight is 264 g/mol. The van der Waals surface area contributed by atoms with Gasteiger partial charge in [0, 0.05) is 6.42 Å². The number of hydrogen-bond donors (Lipinski definition) is 2. The van der Waals surface area contributed by atoms with Crippen LogP contribution in [0.5, 0.6) is 0 Å². The van der Waals surface area contributed by atoms with E-state index in [1.165, 1.54) is 57.8 Å². The Bertz CT molecular complexity index is 158. The Balaban J connectivity index is 0.00000256. The molecule has 0 bridgehead atoms. The summed E-state index contributed by atoms with van der Waals surface area (Å²) in [5, 5.41) is 11.7. The third kappa shape index (κ3) is 8.87. The molecule has 0 aromatic rings. The Labute approximate surface area is 113 Å². The molecule has 1 heterocycles. The Morgan fingerprint density at radius 3 is 2.24 bits per heavy atom. The van der Waals surface area contributed by atoms with E-state index in [0.717, 1.165) is 19.0 Å². The number of quaternary nitrogens is 1. The third-order valence-corrected chi connectivity index (χ3v) is 3.79. The molecule has 1 aliphatic rings. The Morgan fingerprint density at radius 2 is 1.65 bits per heavy atom. The number of unbranched alkanes of at least 4 members (excludes halogenated alkanes) is 6. The lowest BCUT2D eigenvalue weighted by Crippen LogP contribution is -3.00. The van der Waals surface area contributed by atoms with Crippen molar-refractivity contribution in [1.29, 1.82) is 0 Å². The van der Waals surface area contributed by atoms with Crippen molar-refractivity contribution in [1.82, 2.24) is 0 Å². The summed E-state index contributed by atoms with van der Waals surface area (Å²) in [5.41, 5.74) is 0. The number of aliphatic hydroxyl groups excluding tert-OH is 1. The number of hydrogen-bond acceptors (Lipinski definition) is 1. The van der Waals surface area contributed by atoms with Gasteiger partial charge in [0.15, 0.2) is 0 Å². The standard InChI is InChI=1S/C14H29NO.ClH/c1-2-3-4-5-6-7-8-9-13-10-11-14(16)12-15-13;/h13-16H,2-12H2,1H3;1H/t13-,14+;/m1./s1. The molecule has 0 aliphatic carbocycles. The fraction of sp³-hybridized carbons (Fsp3) is 1.00. The summed E-state index contributed by atoms with van der Waals surface area (Å²) < 4.78 is 0. The first-order chi connectivity index (χ1) is 7.83. The summed E-state index contributed by atoms with van der Waals surface area (Å²) in [4.78, 5) is 0. The Kier molecular flexibility index (Phi) is 11.4. The minimum Gasteiger partial charge on any atom is -1.00 e. The zero-order chi connectivity index (χ0) is 11.6. The van der Waals surface area contributed by atoms with Crippen molar-refractivity contribution in [3.8, 4) is 0 Å². The molecule has 1 rings (SSSR count). The second kappa shape index (κ2) is 11.3. The highest BCUT2D eigenvalue weighted by Gasteiger charge is 2.21. The van der Waals surface area contributed by atoms with E-state index in [0.29, 0.717) is 0 Å². The second-order valence-electron chi connectivity index (χ2n) is 5.37. The van der Waals surface area contributed by atoms with Crippen molar-refractivity contribution in [3.63, 3.8) is 0 Å². The molecule has 0 aromatic heterocycles. The molecule has 104 valence electrons. The molecule has 0 amide bonds. The van der Waals surface area contributed by atoms with Gasteiger partial charge >= 0.3 is 0 Å². The topological polar surface area (TPSA) is 36.8 Å². The minimum atomic E-state index is -0.0368. The molecule has 0 spiro atoms. The molecule has 2 atom stereocenters. The monoisotopic (exact) mass is 263 g/mol. The van der Waals surface area contributed by atoms with E-state index in [9.17, 15) is 5.11 Å². The van der Waals surface area contributed by atoms with Crippen LogP contribution in [0.15, 0.2) is 0 Å². The highest BCUT2D eigenvalue weighted by Crippen LogP contribution is 2.12. The lowest BCUT2D eigenvalue weighted by molar-refractivity contribution is -0.704. The quantitative estimate of drug-likeness (QED) is 0.554. The average Bonchev–Trinajstić information content (AvgIpc) is 2.30. The van der Waals surface area contributed by atoms with Crippen molar-refractivity contribution in [2.24, 2.45) is 0 Å². The SMILES string of the molecule is CCCCCCCCC[C@@H]1CC[C@H](O)C[NH2+]1.[Cl-]. The van der Waals surface area contributed by atoms with Crippen LogP contribution in [0.4, 0.5) is 0 Å². The van der Waals surface area contributed by atoms with Crippen LogP contribution >= 0.6 is 0 Å². The van der Waals surface area contributed by atoms with E-state index < -0.39 is 0 Å². The van der Waals surface area contributed by atoms with Crippen LogP contribution < -0.4 is 17.7 Å². The van der Waals surface area contributed by atoms with E-state index >= 15 is 0 Å². The maximum Gasteiger partial charge on any atom is 0.103 e. The van der Waals surface area contributed by atoms with Crippen molar-refractivity contribution in [2.75, 3.05) is 6.54 Å². The van der Waals surface area contributed by atoms with E-state index in [-0.39, 0.29) is 18.5 Å². The van der Waals surface area contributed by atoms with E-state index in [1.54, 1.807) is 0 Å². The van der Waals surface area contributed by atoms with Crippen molar-refractivity contribution < 1.29 is 22.8 Å². The first-order valence-corrected chi connectivity index (χ1v) is 7.34. The molecule has 0 radical (unpaired) electrons. The maximum absolute atomic E-state index is 9.39. The molecule has 0 saturated carbocycles. The zero-order valence-corrected chi connectivity index (χ0v) is 12.1. The van der Waals surface area contributed by atoms with Gasteiger partial charge in [-0.05, 0) is 19.3 Å². The van der Waals surface area contributed by atoms with Crippen LogP contribution in [-0.4, -0.2) is 23.8 Å². The largest absolute Gasteiger partial charge is 1.00 e. The molecule has 0 unspecified atom stereocenters. The minimum absolute atomic E-state index is 0. The van der Waals surface area contributed by atoms with Crippen LogP contribution in [0.3, 0.4) is 0 Å². The summed E-state index contributed by atoms with van der Waals surface area (Å²) in [5.74, 6) is 0. The van der Waals surface area contributed by atoms with Crippen LogP contribution in [0.1, 0.15) is 71.1 Å². The molecular formula is C14H30ClNO. The second-order valence-corrected chi connectivity index (χ2v) is 5.37. The van der Waals surface area contributed by atoms with Gasteiger partial charge in [0.05, 0.1) is 6.04 Å². The number of halogens is 1. The Morgan fingerprint density at radius 1 is 1.00 bits per heavy atom. The molecule has 1 fully saturated rings. The fourth-order valence-electron chi connectivity index (χ4n) is 2.62. The number of rotatable bonds is 8. The van der Waals surface area contributed by atoms with Gasteiger partial charge in [-0.3, -0.25) is 0 Å². The molecule has 1 saturated heterocycles. The van der Waals surface area contributed by atoms with Crippen LogP contribution in [0, 0.1) is 0 Å². The molecule has 3 heteroatoms. The van der Waals surface area contributed by atoms with Gasteiger partial charge in [-0.1, -0.05) is 45.4 Å². The number of aliphatic hydroxyl groups is 1. The van der Waals surface area contributed by atoms with E-state index in [2.05, 4.69) is 12.2 Å². The summed E-state index contributed by atoms with van der Waals surface area (Å²) in [6.07, 6.45) is 13.4. The van der Waals surface area contributed by atoms with Crippen molar-refractivity contribution in [3.05, 3.63) is 0 Å². The molecule has 1 aliphatic heterocycles. The predicted octanol–water partition coefficient (Wildman–Crippen LogP) is -0.782. The van der Waals surface area contributed by atoms with Gasteiger partial charge in [-0.2, -0.15) is 0 Å². The van der Waals surface area contributed by atoms with Gasteiger partial charge in [0.2, 0.25) is 0 Å². The van der Waals surface area contributed by atoms with Gasteiger partial charge in [0.25, 0.3) is 0 Å². The fourth-order valence-corrected chi connectivity index (χ4v) is 2.62. The van der Waals surface area contributed by atoms with Gasteiger partial charge in [-0.15, -0.1) is 0 Å². The van der Waals surface area contributed by atoms with E-state index in [4.69, 9.17) is 0 Å². The summed E-state index contributed by atoms with van der Waals surface area (Å²) in [7, 11) is 0. The predicted molar refractivity (Wildman–Crippen MR) is 68.4 cm³/mol. The normalized spacial score (nSPS) is 24.4. The maximum atomic E-state index is 9.39. The van der Waals surface area contributed by atoms with E-state index in [1.807, 2.05) is 0 Å². The number of nitrogens with two attached hydrogens (primary N) is 1. The van der Waals surface area contributed by atoms with Crippen molar-refractivity contribution in [2.45, 2.75) is 83.3 Å². The van der Waals surface area contributed by atoms with Gasteiger partial charge in [-0.25, -0.2) is 0 Å². The van der Waals surface area contributed by atoms with Crippen molar-refractivity contribution >= 4 is 0 Å². The van der Waals surface area contributed by atoms with Gasteiger partial charge in [0.1, 0.15) is 12.6 Å². The molecular weight excluding hydrogens is 234 g/mol. The summed E-state index contributed by atoms with van der Waals surface area (Å²) in [6, 6.07) is 0.805. The first-order valence-electron chi connectivity index (χ1n) is 7.34. The highest BCUT2D eigenvalue weighted by atomic mass is 35.5. The smallest absolute Gasteiger partial charge is 0.103 e. The molecule has 2 nitrogen and oxygen atoms in total. The lowest BCUT2D eigenvalue weighted by atomic mass is 9.97. The third-order valence-electron chi connectivity index (χ3n) is 3.79. The Hall–Kier alpha value is 0.210. The van der Waals surface area contributed by atoms with Crippen LogP contribution in [0.25, 0.3) is 0 Å². The molecule has 3 N–H and O–H groups in total. The van der Waals surface area contributed by atoms with Gasteiger partial charge < -0.3 is 22.8 Å². The lowest BCUT2D eigenvalue weighted by Gasteiger charge is -2.23. The summed E-state index contributed by atoms with van der Waals surface area (Å²) in [6.45, 7) is 3.20. The van der Waals surface area contributed by atoms with Crippen LogP contribution in [-0.2, 0) is 0 Å². The molecule has 17 heavy (non-hydrogen) atoms. The highest BCUT2D eigenvalue weighted by molar-refractivity contribution is 4.65. The zero-order valence-electron chi connectivity index (χ0n) is 11.3. The molecule has 0 aromatic carbocycles. The first kappa shape index (κ1) is 17.2.